The minimum absolute atomic E-state index is 0.0991. The molecule has 1 aromatic rings. The van der Waals surface area contributed by atoms with E-state index in [1.807, 2.05) is 16.5 Å². The van der Waals surface area contributed by atoms with Gasteiger partial charge in [-0.2, -0.15) is 5.10 Å². The molecule has 1 saturated heterocycles. The summed E-state index contributed by atoms with van der Waals surface area (Å²) in [6.45, 7) is 11.5. The molecule has 0 aromatic carbocycles. The van der Waals surface area contributed by atoms with Crippen molar-refractivity contribution in [3.05, 3.63) is 17.5 Å². The van der Waals surface area contributed by atoms with Gasteiger partial charge in [-0.1, -0.05) is 33.6 Å². The molecule has 1 aliphatic heterocycles. The van der Waals surface area contributed by atoms with Crippen LogP contribution < -0.4 is 0 Å². The van der Waals surface area contributed by atoms with E-state index in [1.54, 1.807) is 6.20 Å². The normalized spacial score (nSPS) is 18.7. The van der Waals surface area contributed by atoms with E-state index >= 15 is 0 Å². The van der Waals surface area contributed by atoms with Crippen molar-refractivity contribution in [3.63, 3.8) is 0 Å². The van der Waals surface area contributed by atoms with Crippen LogP contribution in [-0.2, 0) is 11.3 Å². The van der Waals surface area contributed by atoms with E-state index in [0.29, 0.717) is 19.7 Å². The van der Waals surface area contributed by atoms with Crippen LogP contribution in [0.25, 0.3) is 0 Å². The van der Waals surface area contributed by atoms with Crippen molar-refractivity contribution in [2.24, 2.45) is 5.92 Å². The Kier molecular flexibility index (Phi) is 6.63. The van der Waals surface area contributed by atoms with Gasteiger partial charge in [-0.15, -0.1) is 0 Å². The van der Waals surface area contributed by atoms with Gasteiger partial charge >= 0.3 is 0 Å². The van der Waals surface area contributed by atoms with Gasteiger partial charge in [-0.05, 0) is 25.7 Å². The van der Waals surface area contributed by atoms with Crippen LogP contribution in [0.15, 0.2) is 6.20 Å². The van der Waals surface area contributed by atoms with E-state index in [-0.39, 0.29) is 12.0 Å². The Bertz CT molecular complexity index is 510. The van der Waals surface area contributed by atoms with E-state index in [2.05, 4.69) is 25.9 Å². The fourth-order valence-corrected chi connectivity index (χ4v) is 3.10. The minimum atomic E-state index is 0.0991. The second-order valence-electron chi connectivity index (χ2n) is 6.94. The average molecular weight is 321 g/mol. The highest BCUT2D eigenvalue weighted by molar-refractivity contribution is 5.95. The van der Waals surface area contributed by atoms with Crippen LogP contribution >= 0.6 is 0 Å². The summed E-state index contributed by atoms with van der Waals surface area (Å²) in [5.74, 6) is 0.824. The van der Waals surface area contributed by atoms with Crippen molar-refractivity contribution in [1.29, 1.82) is 0 Å². The van der Waals surface area contributed by atoms with Crippen LogP contribution in [0.2, 0.25) is 0 Å². The molecule has 23 heavy (non-hydrogen) atoms. The summed E-state index contributed by atoms with van der Waals surface area (Å²) in [6.07, 6.45) is 6.34. The number of morpholine rings is 1. The zero-order valence-corrected chi connectivity index (χ0v) is 15.0. The maximum absolute atomic E-state index is 12.8. The molecule has 1 aromatic heterocycles. The van der Waals surface area contributed by atoms with Crippen molar-refractivity contribution in [1.82, 2.24) is 14.7 Å². The van der Waals surface area contributed by atoms with Crippen LogP contribution in [0.1, 0.15) is 62.5 Å². The number of amides is 1. The molecule has 0 saturated carbocycles. The van der Waals surface area contributed by atoms with E-state index in [0.717, 1.165) is 43.0 Å². The molecule has 130 valence electrons. The fourth-order valence-electron chi connectivity index (χ4n) is 3.10. The number of aryl methyl sites for hydroxylation is 1. The monoisotopic (exact) mass is 321 g/mol. The van der Waals surface area contributed by atoms with Crippen LogP contribution in [0.5, 0.6) is 0 Å². The van der Waals surface area contributed by atoms with Crippen LogP contribution in [0, 0.1) is 12.8 Å². The van der Waals surface area contributed by atoms with Crippen molar-refractivity contribution in [2.75, 3.05) is 19.7 Å². The Morgan fingerprint density at radius 2 is 2.26 bits per heavy atom. The van der Waals surface area contributed by atoms with Gasteiger partial charge in [0.15, 0.2) is 0 Å². The molecule has 0 spiro atoms. The van der Waals surface area contributed by atoms with Crippen molar-refractivity contribution in [3.8, 4) is 0 Å². The Hall–Kier alpha value is -1.36. The minimum Gasteiger partial charge on any atom is -0.375 e. The lowest BCUT2D eigenvalue weighted by Crippen LogP contribution is -2.45. The van der Waals surface area contributed by atoms with E-state index in [1.165, 1.54) is 6.42 Å². The van der Waals surface area contributed by atoms with E-state index in [4.69, 9.17) is 4.74 Å². The molecule has 2 rings (SSSR count). The molecule has 1 amide bonds. The largest absolute Gasteiger partial charge is 0.375 e. The molecule has 5 heteroatoms. The van der Waals surface area contributed by atoms with Crippen molar-refractivity contribution in [2.45, 2.75) is 66.0 Å². The summed E-state index contributed by atoms with van der Waals surface area (Å²) < 4.78 is 7.76. The number of hydrogen-bond donors (Lipinski definition) is 0. The Labute approximate surface area is 140 Å². The third kappa shape index (κ3) is 4.80. The highest BCUT2D eigenvalue weighted by Crippen LogP contribution is 2.18. The molecule has 1 atom stereocenters. The molecule has 2 heterocycles. The Balaban J connectivity index is 1.94. The highest BCUT2D eigenvalue weighted by atomic mass is 16.5. The second-order valence-corrected chi connectivity index (χ2v) is 6.94. The standard InChI is InChI=1S/C18H31N3O2/c1-5-9-21-15(4)17(12-19-21)18(22)20-10-11-23-16(13-20)8-6-7-14(2)3/h12,14,16H,5-11,13H2,1-4H3/t16-/m0/s1. The van der Waals surface area contributed by atoms with E-state index in [9.17, 15) is 4.79 Å². The molecule has 1 fully saturated rings. The molecule has 0 radical (unpaired) electrons. The zero-order valence-electron chi connectivity index (χ0n) is 15.0. The van der Waals surface area contributed by atoms with Crippen molar-refractivity contribution < 1.29 is 9.53 Å². The van der Waals surface area contributed by atoms with Gasteiger partial charge in [0, 0.05) is 25.3 Å². The van der Waals surface area contributed by atoms with Gasteiger partial charge < -0.3 is 9.64 Å². The molecule has 5 nitrogen and oxygen atoms in total. The quantitative estimate of drug-likeness (QED) is 0.774. The lowest BCUT2D eigenvalue weighted by molar-refractivity contribution is -0.0260. The summed E-state index contributed by atoms with van der Waals surface area (Å²) in [5, 5.41) is 4.35. The topological polar surface area (TPSA) is 47.4 Å². The molecular weight excluding hydrogens is 290 g/mol. The van der Waals surface area contributed by atoms with Gasteiger partial charge in [0.2, 0.25) is 0 Å². The molecule has 0 unspecified atom stereocenters. The van der Waals surface area contributed by atoms with Gasteiger partial charge in [0.1, 0.15) is 0 Å². The SMILES string of the molecule is CCCn1ncc(C(=O)N2CCO[C@@H](CCCC(C)C)C2)c1C. The first kappa shape index (κ1) is 18.0. The van der Waals surface area contributed by atoms with Crippen LogP contribution in [-0.4, -0.2) is 46.4 Å². The number of ether oxygens (including phenoxy) is 1. The number of carbonyl (C=O) groups is 1. The summed E-state index contributed by atoms with van der Waals surface area (Å²) in [5.41, 5.74) is 1.71. The zero-order chi connectivity index (χ0) is 16.8. The molecule has 0 N–H and O–H groups in total. The average Bonchev–Trinajstić information content (AvgIpc) is 2.88. The third-order valence-corrected chi connectivity index (χ3v) is 4.50. The van der Waals surface area contributed by atoms with Crippen LogP contribution in [0.4, 0.5) is 0 Å². The van der Waals surface area contributed by atoms with Gasteiger partial charge in [-0.25, -0.2) is 0 Å². The number of carbonyl (C=O) groups excluding carboxylic acids is 1. The maximum Gasteiger partial charge on any atom is 0.257 e. The lowest BCUT2D eigenvalue weighted by Gasteiger charge is -2.33. The second kappa shape index (κ2) is 8.48. The molecular formula is C18H31N3O2. The number of nitrogens with zero attached hydrogens (tertiary/aromatic N) is 3. The number of aromatic nitrogens is 2. The summed E-state index contributed by atoms with van der Waals surface area (Å²) in [4.78, 5) is 14.7. The summed E-state index contributed by atoms with van der Waals surface area (Å²) in [7, 11) is 0. The highest BCUT2D eigenvalue weighted by Gasteiger charge is 2.26. The fraction of sp³-hybridized carbons (Fsp3) is 0.778. The Morgan fingerprint density at radius 3 is 2.96 bits per heavy atom. The van der Waals surface area contributed by atoms with Gasteiger partial charge in [0.25, 0.3) is 5.91 Å². The summed E-state index contributed by atoms with van der Waals surface area (Å²) in [6, 6.07) is 0. The number of hydrogen-bond acceptors (Lipinski definition) is 3. The Morgan fingerprint density at radius 1 is 1.48 bits per heavy atom. The van der Waals surface area contributed by atoms with Crippen LogP contribution in [0.3, 0.4) is 0 Å². The molecule has 0 aliphatic carbocycles. The third-order valence-electron chi connectivity index (χ3n) is 4.50. The maximum atomic E-state index is 12.8. The predicted octanol–water partition coefficient (Wildman–Crippen LogP) is 3.27. The lowest BCUT2D eigenvalue weighted by atomic mass is 10.0. The summed E-state index contributed by atoms with van der Waals surface area (Å²) >= 11 is 0. The first-order valence-electron chi connectivity index (χ1n) is 8.96. The molecule has 1 aliphatic rings. The smallest absolute Gasteiger partial charge is 0.257 e. The van der Waals surface area contributed by atoms with Gasteiger partial charge in [-0.3, -0.25) is 9.48 Å². The first-order chi connectivity index (χ1) is 11.0. The van der Waals surface area contributed by atoms with Crippen molar-refractivity contribution >= 4 is 5.91 Å². The predicted molar refractivity (Wildman–Crippen MR) is 91.6 cm³/mol. The number of rotatable bonds is 7. The van der Waals surface area contributed by atoms with E-state index < -0.39 is 0 Å². The molecule has 0 bridgehead atoms. The first-order valence-corrected chi connectivity index (χ1v) is 8.96. The van der Waals surface area contributed by atoms with Gasteiger partial charge in [0.05, 0.1) is 24.5 Å².